The Kier molecular flexibility index (Phi) is 7.69. The number of aryl methyl sites for hydroxylation is 1. The first-order valence-electron chi connectivity index (χ1n) is 11.2. The second-order valence-electron chi connectivity index (χ2n) is 8.32. The van der Waals surface area contributed by atoms with E-state index in [0.29, 0.717) is 18.7 Å². The molecule has 35 heavy (non-hydrogen) atoms. The Morgan fingerprint density at radius 1 is 1.20 bits per heavy atom. The first-order valence-corrected chi connectivity index (χ1v) is 13.5. The molecule has 6 nitrogen and oxygen atoms in total. The minimum Gasteiger partial charge on any atom is -0.491 e. The Morgan fingerprint density at radius 3 is 2.60 bits per heavy atom. The number of carbonyl (C=O) groups excluding carboxylic acids is 1. The molecule has 9 heteroatoms. The zero-order valence-electron chi connectivity index (χ0n) is 19.4. The third-order valence-electron chi connectivity index (χ3n) is 5.94. The zero-order valence-corrected chi connectivity index (χ0v) is 21.0. The standard InChI is InChI=1S/C26H27FN2O4S2/c1-3-14-28(35(31,32)22-10-4-19(2)5-11-22)17-26(30)29-15-12-25-23(13-16-34-25)24(29)18-33-21-8-6-20(27)7-9-21/h3-11,13,16,24H,1,12,14-15,17-18H2,2H3. The number of rotatable bonds is 9. The molecular formula is C26H27FN2O4S2. The lowest BCUT2D eigenvalue weighted by molar-refractivity contribution is -0.135. The van der Waals surface area contributed by atoms with E-state index < -0.39 is 10.0 Å². The molecule has 1 unspecified atom stereocenters. The summed E-state index contributed by atoms with van der Waals surface area (Å²) in [5.41, 5.74) is 1.94. The van der Waals surface area contributed by atoms with Gasteiger partial charge >= 0.3 is 0 Å². The normalized spacial score (nSPS) is 15.6. The number of carbonyl (C=O) groups is 1. The van der Waals surface area contributed by atoms with Gasteiger partial charge in [0.15, 0.2) is 0 Å². The summed E-state index contributed by atoms with van der Waals surface area (Å²) in [6.07, 6.45) is 2.17. The third kappa shape index (κ3) is 5.63. The van der Waals surface area contributed by atoms with Crippen molar-refractivity contribution in [3.63, 3.8) is 0 Å². The Bertz CT molecular complexity index is 1290. The molecule has 1 amide bonds. The van der Waals surface area contributed by atoms with Crippen LogP contribution in [-0.4, -0.2) is 49.8 Å². The van der Waals surface area contributed by atoms with Crippen molar-refractivity contribution in [2.24, 2.45) is 0 Å². The van der Waals surface area contributed by atoms with Crippen molar-refractivity contribution in [3.05, 3.63) is 94.5 Å². The molecule has 0 radical (unpaired) electrons. The van der Waals surface area contributed by atoms with Crippen LogP contribution in [0.3, 0.4) is 0 Å². The highest BCUT2D eigenvalue weighted by Crippen LogP contribution is 2.34. The lowest BCUT2D eigenvalue weighted by Gasteiger charge is -2.36. The average molecular weight is 515 g/mol. The Balaban J connectivity index is 1.55. The number of thiophene rings is 1. The minimum absolute atomic E-state index is 0.0102. The largest absolute Gasteiger partial charge is 0.491 e. The number of ether oxygens (including phenoxy) is 1. The molecular weight excluding hydrogens is 487 g/mol. The van der Waals surface area contributed by atoms with E-state index >= 15 is 0 Å². The van der Waals surface area contributed by atoms with E-state index in [4.69, 9.17) is 4.74 Å². The van der Waals surface area contributed by atoms with Crippen LogP contribution in [-0.2, 0) is 21.2 Å². The average Bonchev–Trinajstić information content (AvgIpc) is 3.32. The third-order valence-corrected chi connectivity index (χ3v) is 8.76. The summed E-state index contributed by atoms with van der Waals surface area (Å²) in [7, 11) is -3.89. The summed E-state index contributed by atoms with van der Waals surface area (Å²) in [6.45, 7) is 5.88. The van der Waals surface area contributed by atoms with Gasteiger partial charge in [-0.2, -0.15) is 4.31 Å². The number of hydrogen-bond acceptors (Lipinski definition) is 5. The van der Waals surface area contributed by atoms with Gasteiger partial charge in [0.25, 0.3) is 0 Å². The minimum atomic E-state index is -3.89. The molecule has 1 atom stereocenters. The van der Waals surface area contributed by atoms with Gasteiger partial charge in [0.05, 0.1) is 17.5 Å². The van der Waals surface area contributed by atoms with E-state index in [-0.39, 0.29) is 42.4 Å². The topological polar surface area (TPSA) is 66.9 Å². The SMILES string of the molecule is C=CCN(CC(=O)N1CCc2sccc2C1COc1ccc(F)cc1)S(=O)(=O)c1ccc(C)cc1. The summed E-state index contributed by atoms with van der Waals surface area (Å²) in [6, 6.07) is 13.9. The van der Waals surface area contributed by atoms with Crippen molar-refractivity contribution in [1.82, 2.24) is 9.21 Å². The summed E-state index contributed by atoms with van der Waals surface area (Å²) >= 11 is 1.63. The Hall–Kier alpha value is -3.01. The number of fused-ring (bicyclic) bond motifs is 1. The fourth-order valence-electron chi connectivity index (χ4n) is 4.07. The van der Waals surface area contributed by atoms with Gasteiger partial charge in [-0.25, -0.2) is 12.8 Å². The van der Waals surface area contributed by atoms with Gasteiger partial charge in [0.2, 0.25) is 15.9 Å². The molecule has 0 aliphatic carbocycles. The van der Waals surface area contributed by atoms with Crippen molar-refractivity contribution in [1.29, 1.82) is 0 Å². The molecule has 1 aromatic heterocycles. The first-order chi connectivity index (χ1) is 16.8. The molecule has 0 N–H and O–H groups in total. The van der Waals surface area contributed by atoms with Gasteiger partial charge in [0.1, 0.15) is 18.2 Å². The Morgan fingerprint density at radius 2 is 1.91 bits per heavy atom. The number of hydrogen-bond donors (Lipinski definition) is 0. The highest BCUT2D eigenvalue weighted by atomic mass is 32.2. The van der Waals surface area contributed by atoms with E-state index in [0.717, 1.165) is 15.4 Å². The van der Waals surface area contributed by atoms with Crippen LogP contribution in [0.25, 0.3) is 0 Å². The number of halogens is 1. The molecule has 4 rings (SSSR count). The molecule has 0 bridgehead atoms. The molecule has 1 aliphatic rings. The number of benzene rings is 2. The van der Waals surface area contributed by atoms with Crippen molar-refractivity contribution >= 4 is 27.3 Å². The maximum absolute atomic E-state index is 13.5. The second kappa shape index (κ2) is 10.7. The first kappa shape index (κ1) is 25.1. The van der Waals surface area contributed by atoms with Gasteiger partial charge in [0, 0.05) is 18.0 Å². The van der Waals surface area contributed by atoms with Gasteiger partial charge in [-0.15, -0.1) is 17.9 Å². The molecule has 3 aromatic rings. The number of nitrogens with zero attached hydrogens (tertiary/aromatic N) is 2. The van der Waals surface area contributed by atoms with Gasteiger partial charge in [-0.05, 0) is 66.8 Å². The van der Waals surface area contributed by atoms with Crippen LogP contribution in [0.2, 0.25) is 0 Å². The number of amides is 1. The predicted octanol–water partition coefficient (Wildman–Crippen LogP) is 4.58. The van der Waals surface area contributed by atoms with Crippen molar-refractivity contribution in [2.75, 3.05) is 26.2 Å². The predicted molar refractivity (Wildman–Crippen MR) is 135 cm³/mol. The summed E-state index contributed by atoms with van der Waals surface area (Å²) in [5, 5.41) is 1.98. The monoisotopic (exact) mass is 514 g/mol. The van der Waals surface area contributed by atoms with Crippen LogP contribution in [0.15, 0.2) is 77.5 Å². The van der Waals surface area contributed by atoms with Crippen molar-refractivity contribution < 1.29 is 22.3 Å². The maximum Gasteiger partial charge on any atom is 0.243 e. The van der Waals surface area contributed by atoms with E-state index in [1.165, 1.54) is 23.1 Å². The molecule has 0 spiro atoms. The molecule has 2 aromatic carbocycles. The van der Waals surface area contributed by atoms with Gasteiger partial charge in [-0.3, -0.25) is 4.79 Å². The smallest absolute Gasteiger partial charge is 0.243 e. The molecule has 1 aliphatic heterocycles. The van der Waals surface area contributed by atoms with Crippen molar-refractivity contribution in [2.45, 2.75) is 24.3 Å². The molecule has 184 valence electrons. The fourth-order valence-corrected chi connectivity index (χ4v) is 6.36. The quantitative estimate of drug-likeness (QED) is 0.392. The van der Waals surface area contributed by atoms with E-state index in [1.807, 2.05) is 18.4 Å². The molecule has 0 saturated heterocycles. The maximum atomic E-state index is 13.5. The summed E-state index contributed by atoms with van der Waals surface area (Å²) < 4.78 is 46.9. The molecule has 0 saturated carbocycles. The van der Waals surface area contributed by atoms with Crippen LogP contribution in [0.1, 0.15) is 22.0 Å². The summed E-state index contributed by atoms with van der Waals surface area (Å²) in [5.74, 6) is -0.174. The van der Waals surface area contributed by atoms with Crippen molar-refractivity contribution in [3.8, 4) is 5.75 Å². The summed E-state index contributed by atoms with van der Waals surface area (Å²) in [4.78, 5) is 16.5. The molecule has 2 heterocycles. The molecule has 0 fully saturated rings. The Labute approximate surface area is 209 Å². The van der Waals surface area contributed by atoms with E-state index in [2.05, 4.69) is 6.58 Å². The van der Waals surface area contributed by atoms with Crippen LogP contribution in [0, 0.1) is 12.7 Å². The number of sulfonamides is 1. The van der Waals surface area contributed by atoms with Crippen LogP contribution >= 0.6 is 11.3 Å². The van der Waals surface area contributed by atoms with Crippen LogP contribution in [0.4, 0.5) is 4.39 Å². The lowest BCUT2D eigenvalue weighted by Crippen LogP contribution is -2.47. The van der Waals surface area contributed by atoms with Crippen LogP contribution < -0.4 is 4.74 Å². The van der Waals surface area contributed by atoms with Gasteiger partial charge < -0.3 is 9.64 Å². The van der Waals surface area contributed by atoms with E-state index in [9.17, 15) is 17.6 Å². The van der Waals surface area contributed by atoms with E-state index in [1.54, 1.807) is 52.6 Å². The highest BCUT2D eigenvalue weighted by molar-refractivity contribution is 7.89. The fraction of sp³-hybridized carbons (Fsp3) is 0.269. The zero-order chi connectivity index (χ0) is 25.0. The van der Waals surface area contributed by atoms with Gasteiger partial charge in [-0.1, -0.05) is 23.8 Å². The van der Waals surface area contributed by atoms with Crippen LogP contribution in [0.5, 0.6) is 5.75 Å². The second-order valence-corrected chi connectivity index (χ2v) is 11.3. The highest BCUT2D eigenvalue weighted by Gasteiger charge is 2.35. The lowest BCUT2D eigenvalue weighted by atomic mass is 10.0.